The maximum atomic E-state index is 13.8. The van der Waals surface area contributed by atoms with Crippen LogP contribution in [0, 0.1) is 13.8 Å². The second-order valence-electron chi connectivity index (χ2n) is 10.7. The van der Waals surface area contributed by atoms with Gasteiger partial charge in [0.2, 0.25) is 11.8 Å². The topological polar surface area (TPSA) is 108 Å². The van der Waals surface area contributed by atoms with Crippen molar-refractivity contribution in [2.45, 2.75) is 111 Å². The summed E-state index contributed by atoms with van der Waals surface area (Å²) >= 11 is 0. The minimum atomic E-state index is -1.23. The molecule has 0 aliphatic heterocycles. The van der Waals surface area contributed by atoms with Crippen LogP contribution >= 0.6 is 0 Å². The van der Waals surface area contributed by atoms with E-state index in [0.717, 1.165) is 55.2 Å². The molecule has 0 saturated carbocycles. The average molecular weight is 520 g/mol. The van der Waals surface area contributed by atoms with E-state index in [0.29, 0.717) is 19.5 Å². The first-order valence-electron chi connectivity index (χ1n) is 13.7. The van der Waals surface area contributed by atoms with Crippen molar-refractivity contribution in [3.63, 3.8) is 0 Å². The van der Waals surface area contributed by atoms with Crippen molar-refractivity contribution in [2.24, 2.45) is 0 Å². The van der Waals surface area contributed by atoms with E-state index in [1.807, 2.05) is 39.0 Å². The van der Waals surface area contributed by atoms with Crippen LogP contribution in [0.4, 0.5) is 4.79 Å². The van der Waals surface area contributed by atoms with Gasteiger partial charge in [-0.2, -0.15) is 0 Å². The summed E-state index contributed by atoms with van der Waals surface area (Å²) in [7, 11) is 0. The highest BCUT2D eigenvalue weighted by Crippen LogP contribution is 2.27. The molecule has 3 amide bonds. The molecule has 1 aromatic rings. The molecule has 37 heavy (non-hydrogen) atoms. The Morgan fingerprint density at radius 1 is 1.00 bits per heavy atom. The van der Waals surface area contributed by atoms with E-state index in [1.165, 1.54) is 4.90 Å². The van der Waals surface area contributed by atoms with Crippen molar-refractivity contribution in [3.05, 3.63) is 34.9 Å². The standard InChI is InChI=1S/C29H49N3O5/c1-8-10-12-13-14-18-32(27(35)24(20-33)31-28(36)37-29(5,6)7)25(26(34)30-17-11-9-2)23-16-15-21(3)19-22(23)4/h15-16,19,24-25,33H,8-14,17-18,20H2,1-7H3,(H,30,34)(H,31,36). The van der Waals surface area contributed by atoms with Crippen LogP contribution in [0.1, 0.15) is 102 Å². The predicted octanol–water partition coefficient (Wildman–Crippen LogP) is 4.95. The highest BCUT2D eigenvalue weighted by molar-refractivity contribution is 5.92. The molecule has 0 saturated heterocycles. The van der Waals surface area contributed by atoms with Crippen LogP contribution < -0.4 is 10.6 Å². The SMILES string of the molecule is CCCCCCCN(C(=O)C(CO)NC(=O)OC(C)(C)C)C(C(=O)NCCCC)c1ccc(C)cc1C. The number of alkyl carbamates (subject to hydrolysis) is 1. The summed E-state index contributed by atoms with van der Waals surface area (Å²) in [5.74, 6) is -0.782. The Kier molecular flexibility index (Phi) is 14.3. The number of aliphatic hydroxyl groups excluding tert-OH is 1. The summed E-state index contributed by atoms with van der Waals surface area (Å²) in [4.78, 5) is 41.4. The van der Waals surface area contributed by atoms with Crippen LogP contribution in [0.25, 0.3) is 0 Å². The lowest BCUT2D eigenvalue weighted by Gasteiger charge is -2.35. The monoisotopic (exact) mass is 519 g/mol. The Morgan fingerprint density at radius 2 is 1.65 bits per heavy atom. The molecule has 0 aliphatic carbocycles. The number of aliphatic hydroxyl groups is 1. The molecule has 0 aliphatic rings. The molecule has 8 heteroatoms. The van der Waals surface area contributed by atoms with Crippen molar-refractivity contribution in [3.8, 4) is 0 Å². The third-order valence-corrected chi connectivity index (χ3v) is 6.07. The smallest absolute Gasteiger partial charge is 0.408 e. The number of hydrogen-bond acceptors (Lipinski definition) is 5. The summed E-state index contributed by atoms with van der Waals surface area (Å²) in [6, 6.07) is 3.70. The number of nitrogens with zero attached hydrogens (tertiary/aromatic N) is 1. The largest absolute Gasteiger partial charge is 0.444 e. The van der Waals surface area contributed by atoms with Crippen LogP contribution in [0.15, 0.2) is 18.2 Å². The third kappa shape index (κ3) is 11.5. The lowest BCUT2D eigenvalue weighted by atomic mass is 9.96. The lowest BCUT2D eigenvalue weighted by Crippen LogP contribution is -2.54. The zero-order chi connectivity index (χ0) is 28.0. The second kappa shape index (κ2) is 16.3. The fraction of sp³-hybridized carbons (Fsp3) is 0.690. The van der Waals surface area contributed by atoms with Gasteiger partial charge >= 0.3 is 6.09 Å². The summed E-state index contributed by atoms with van der Waals surface area (Å²) in [5.41, 5.74) is 1.94. The van der Waals surface area contributed by atoms with Crippen molar-refractivity contribution in [1.82, 2.24) is 15.5 Å². The molecule has 0 spiro atoms. The van der Waals surface area contributed by atoms with E-state index < -0.39 is 36.3 Å². The van der Waals surface area contributed by atoms with E-state index >= 15 is 0 Å². The first kappa shape index (κ1) is 32.4. The molecule has 3 N–H and O–H groups in total. The van der Waals surface area contributed by atoms with E-state index in [1.54, 1.807) is 20.8 Å². The van der Waals surface area contributed by atoms with Crippen molar-refractivity contribution in [2.75, 3.05) is 19.7 Å². The van der Waals surface area contributed by atoms with Crippen molar-refractivity contribution in [1.29, 1.82) is 0 Å². The molecule has 1 rings (SSSR count). The van der Waals surface area contributed by atoms with Gasteiger partial charge in [0.1, 0.15) is 17.7 Å². The number of carbonyl (C=O) groups is 3. The Balaban J connectivity index is 3.39. The van der Waals surface area contributed by atoms with Gasteiger partial charge in [-0.05, 0) is 58.6 Å². The van der Waals surface area contributed by atoms with E-state index in [2.05, 4.69) is 17.6 Å². The Bertz CT molecular complexity index is 866. The Labute approximate surface area is 223 Å². The quantitative estimate of drug-likeness (QED) is 0.284. The number of amides is 3. The second-order valence-corrected chi connectivity index (χ2v) is 10.7. The van der Waals surface area contributed by atoms with Gasteiger partial charge in [-0.25, -0.2) is 4.79 Å². The van der Waals surface area contributed by atoms with Crippen LogP contribution in [0.2, 0.25) is 0 Å². The molecule has 2 atom stereocenters. The van der Waals surface area contributed by atoms with E-state index in [-0.39, 0.29) is 5.91 Å². The first-order chi connectivity index (χ1) is 17.4. The molecule has 1 aromatic carbocycles. The minimum Gasteiger partial charge on any atom is -0.444 e. The van der Waals surface area contributed by atoms with E-state index in [9.17, 15) is 19.5 Å². The van der Waals surface area contributed by atoms with Crippen molar-refractivity contribution >= 4 is 17.9 Å². The fourth-order valence-electron chi connectivity index (χ4n) is 4.16. The molecule has 8 nitrogen and oxygen atoms in total. The predicted molar refractivity (Wildman–Crippen MR) is 147 cm³/mol. The van der Waals surface area contributed by atoms with Gasteiger partial charge in [-0.1, -0.05) is 69.7 Å². The number of nitrogens with one attached hydrogen (secondary N) is 2. The lowest BCUT2D eigenvalue weighted by molar-refractivity contribution is -0.143. The third-order valence-electron chi connectivity index (χ3n) is 6.07. The molecular weight excluding hydrogens is 470 g/mol. The highest BCUT2D eigenvalue weighted by Gasteiger charge is 2.36. The maximum absolute atomic E-state index is 13.8. The normalized spacial score (nSPS) is 13.0. The Morgan fingerprint density at radius 3 is 2.22 bits per heavy atom. The molecule has 0 bridgehead atoms. The highest BCUT2D eigenvalue weighted by atomic mass is 16.6. The molecular formula is C29H49N3O5. The number of benzene rings is 1. The van der Waals surface area contributed by atoms with Gasteiger partial charge in [-0.3, -0.25) is 9.59 Å². The van der Waals surface area contributed by atoms with Gasteiger partial charge in [0, 0.05) is 13.1 Å². The van der Waals surface area contributed by atoms with E-state index in [4.69, 9.17) is 4.74 Å². The number of aryl methyl sites for hydroxylation is 2. The number of rotatable bonds is 15. The summed E-state index contributed by atoms with van der Waals surface area (Å²) in [6.45, 7) is 13.5. The Hall–Kier alpha value is -2.61. The molecule has 0 radical (unpaired) electrons. The van der Waals surface area contributed by atoms with Crippen LogP contribution in [0.3, 0.4) is 0 Å². The molecule has 2 unspecified atom stereocenters. The number of ether oxygens (including phenoxy) is 1. The zero-order valence-electron chi connectivity index (χ0n) is 24.0. The number of carbonyl (C=O) groups excluding carboxylic acids is 3. The summed E-state index contributed by atoms with van der Waals surface area (Å²) in [6.07, 6.45) is 5.83. The number of hydrogen-bond donors (Lipinski definition) is 3. The molecule has 0 aromatic heterocycles. The van der Waals surface area contributed by atoms with Gasteiger partial charge in [0.25, 0.3) is 0 Å². The average Bonchev–Trinajstić information content (AvgIpc) is 2.81. The molecule has 0 fully saturated rings. The molecule has 0 heterocycles. The van der Waals surface area contributed by atoms with Crippen molar-refractivity contribution < 1.29 is 24.2 Å². The molecule has 210 valence electrons. The summed E-state index contributed by atoms with van der Waals surface area (Å²) < 4.78 is 5.30. The van der Waals surface area contributed by atoms with Gasteiger partial charge in [-0.15, -0.1) is 0 Å². The first-order valence-corrected chi connectivity index (χ1v) is 13.7. The van der Waals surface area contributed by atoms with Crippen LogP contribution in [-0.2, 0) is 14.3 Å². The fourth-order valence-corrected chi connectivity index (χ4v) is 4.16. The van der Waals surface area contributed by atoms with Crippen LogP contribution in [-0.4, -0.2) is 59.3 Å². The van der Waals surface area contributed by atoms with Gasteiger partial charge < -0.3 is 25.4 Å². The van der Waals surface area contributed by atoms with Gasteiger partial charge in [0.15, 0.2) is 0 Å². The van der Waals surface area contributed by atoms with Gasteiger partial charge in [0.05, 0.1) is 6.61 Å². The number of unbranched alkanes of at least 4 members (excludes halogenated alkanes) is 5. The van der Waals surface area contributed by atoms with Crippen LogP contribution in [0.5, 0.6) is 0 Å². The maximum Gasteiger partial charge on any atom is 0.408 e. The minimum absolute atomic E-state index is 0.267. The summed E-state index contributed by atoms with van der Waals surface area (Å²) in [5, 5.41) is 15.6. The zero-order valence-corrected chi connectivity index (χ0v) is 24.0.